The Morgan fingerprint density at radius 2 is 1.92 bits per heavy atom. The van der Waals surface area contributed by atoms with E-state index in [1.807, 2.05) is 35.2 Å². The second-order valence-corrected chi connectivity index (χ2v) is 7.18. The number of amides is 2. The third-order valence-corrected chi connectivity index (χ3v) is 5.35. The largest absolute Gasteiger partial charge is 0.328 e. The van der Waals surface area contributed by atoms with Crippen molar-refractivity contribution >= 4 is 23.2 Å². The van der Waals surface area contributed by atoms with Gasteiger partial charge in [-0.1, -0.05) is 24.3 Å². The van der Waals surface area contributed by atoms with E-state index in [1.165, 1.54) is 5.56 Å². The molecule has 3 N–H and O–H groups in total. The summed E-state index contributed by atoms with van der Waals surface area (Å²) in [5, 5.41) is 2.94. The number of hydrogen-bond donors (Lipinski definition) is 2. The van der Waals surface area contributed by atoms with Crippen molar-refractivity contribution in [1.82, 2.24) is 0 Å². The number of nitrogens with zero attached hydrogens (tertiary/aromatic N) is 1. The highest BCUT2D eigenvalue weighted by Crippen LogP contribution is 2.29. The minimum Gasteiger partial charge on any atom is -0.328 e. The number of rotatable bonds is 3. The lowest BCUT2D eigenvalue weighted by Gasteiger charge is -2.18. The molecule has 26 heavy (non-hydrogen) atoms. The number of para-hydroxylation sites is 1. The van der Waals surface area contributed by atoms with Crippen LogP contribution in [0.2, 0.25) is 0 Å². The van der Waals surface area contributed by atoms with Crippen LogP contribution in [0, 0.1) is 5.92 Å². The molecular formula is C21H23N3O2. The normalized spacial score (nSPS) is 21.5. The van der Waals surface area contributed by atoms with Crippen LogP contribution in [0.3, 0.4) is 0 Å². The molecule has 5 heteroatoms. The number of fused-ring (bicyclic) bond motifs is 1. The number of hydrogen-bond acceptors (Lipinski definition) is 3. The third-order valence-electron chi connectivity index (χ3n) is 5.35. The molecule has 0 radical (unpaired) electrons. The average molecular weight is 349 g/mol. The first-order valence-corrected chi connectivity index (χ1v) is 9.18. The number of nitrogens with one attached hydrogen (secondary N) is 1. The van der Waals surface area contributed by atoms with Crippen LogP contribution < -0.4 is 16.0 Å². The number of carbonyl (C=O) groups excluding carboxylic acids is 2. The summed E-state index contributed by atoms with van der Waals surface area (Å²) in [4.78, 5) is 27.2. The molecule has 1 heterocycles. The van der Waals surface area contributed by atoms with Gasteiger partial charge in [-0.25, -0.2) is 0 Å². The SMILES string of the molecule is NC1CCC(C(=O)Nc2cccc(C(=O)N3CCc4ccccc43)c2)C1. The predicted molar refractivity (Wildman–Crippen MR) is 102 cm³/mol. The van der Waals surface area contributed by atoms with Crippen molar-refractivity contribution in [3.8, 4) is 0 Å². The minimum atomic E-state index is -0.0334. The van der Waals surface area contributed by atoms with Crippen LogP contribution in [0.5, 0.6) is 0 Å². The molecule has 1 fully saturated rings. The van der Waals surface area contributed by atoms with E-state index in [1.54, 1.807) is 12.1 Å². The van der Waals surface area contributed by atoms with Gasteiger partial charge in [-0.05, 0) is 55.5 Å². The van der Waals surface area contributed by atoms with Crippen LogP contribution in [0.25, 0.3) is 0 Å². The van der Waals surface area contributed by atoms with Gasteiger partial charge in [0.1, 0.15) is 0 Å². The van der Waals surface area contributed by atoms with Crippen LogP contribution in [-0.4, -0.2) is 24.4 Å². The Balaban J connectivity index is 1.49. The molecule has 2 aromatic rings. The van der Waals surface area contributed by atoms with Gasteiger partial charge in [0.2, 0.25) is 5.91 Å². The summed E-state index contributed by atoms with van der Waals surface area (Å²) in [6.45, 7) is 0.689. The molecule has 2 unspecified atom stereocenters. The van der Waals surface area contributed by atoms with Crippen molar-refractivity contribution in [3.05, 3.63) is 59.7 Å². The van der Waals surface area contributed by atoms with E-state index >= 15 is 0 Å². The van der Waals surface area contributed by atoms with Crippen molar-refractivity contribution < 1.29 is 9.59 Å². The van der Waals surface area contributed by atoms with E-state index in [2.05, 4.69) is 11.4 Å². The second kappa shape index (κ2) is 6.92. The molecule has 0 spiro atoms. The van der Waals surface area contributed by atoms with Crippen LogP contribution in [0.15, 0.2) is 48.5 Å². The van der Waals surface area contributed by atoms with Crippen molar-refractivity contribution in [1.29, 1.82) is 0 Å². The lowest BCUT2D eigenvalue weighted by molar-refractivity contribution is -0.119. The molecule has 0 saturated heterocycles. The van der Waals surface area contributed by atoms with E-state index in [-0.39, 0.29) is 23.8 Å². The van der Waals surface area contributed by atoms with Gasteiger partial charge in [-0.3, -0.25) is 9.59 Å². The van der Waals surface area contributed by atoms with Crippen molar-refractivity contribution in [2.24, 2.45) is 11.7 Å². The average Bonchev–Trinajstić information content (AvgIpc) is 3.27. The molecule has 2 aromatic carbocycles. The maximum atomic E-state index is 12.9. The maximum absolute atomic E-state index is 12.9. The van der Waals surface area contributed by atoms with Gasteiger partial charge in [0.25, 0.3) is 5.91 Å². The molecule has 1 aliphatic carbocycles. The Morgan fingerprint density at radius 3 is 2.73 bits per heavy atom. The van der Waals surface area contributed by atoms with E-state index in [0.717, 1.165) is 31.4 Å². The van der Waals surface area contributed by atoms with Crippen LogP contribution in [-0.2, 0) is 11.2 Å². The predicted octanol–water partition coefficient (Wildman–Crippen LogP) is 2.96. The molecular weight excluding hydrogens is 326 g/mol. The van der Waals surface area contributed by atoms with E-state index in [4.69, 9.17) is 5.73 Å². The molecule has 2 atom stereocenters. The summed E-state index contributed by atoms with van der Waals surface area (Å²) in [5.74, 6) is -0.0715. The Morgan fingerprint density at radius 1 is 1.08 bits per heavy atom. The highest BCUT2D eigenvalue weighted by atomic mass is 16.2. The van der Waals surface area contributed by atoms with E-state index < -0.39 is 0 Å². The lowest BCUT2D eigenvalue weighted by atomic mass is 10.1. The quantitative estimate of drug-likeness (QED) is 0.894. The fourth-order valence-corrected chi connectivity index (χ4v) is 3.93. The molecule has 0 bridgehead atoms. The van der Waals surface area contributed by atoms with Gasteiger partial charge in [0.05, 0.1) is 0 Å². The molecule has 4 rings (SSSR count). The van der Waals surface area contributed by atoms with E-state index in [0.29, 0.717) is 17.8 Å². The molecule has 0 aromatic heterocycles. The standard InChI is InChI=1S/C21H23N3O2/c22-17-9-8-15(12-17)20(25)23-18-6-3-5-16(13-18)21(26)24-11-10-14-4-1-2-7-19(14)24/h1-7,13,15,17H,8-12,22H2,(H,23,25). The van der Waals surface area contributed by atoms with Crippen LogP contribution in [0.4, 0.5) is 11.4 Å². The van der Waals surface area contributed by atoms with Crippen LogP contribution in [0.1, 0.15) is 35.2 Å². The van der Waals surface area contributed by atoms with Crippen molar-refractivity contribution in [3.63, 3.8) is 0 Å². The van der Waals surface area contributed by atoms with Crippen LogP contribution >= 0.6 is 0 Å². The number of benzene rings is 2. The summed E-state index contributed by atoms with van der Waals surface area (Å²) >= 11 is 0. The zero-order chi connectivity index (χ0) is 18.1. The lowest BCUT2D eigenvalue weighted by Crippen LogP contribution is -2.29. The monoisotopic (exact) mass is 349 g/mol. The Kier molecular flexibility index (Phi) is 4.47. The smallest absolute Gasteiger partial charge is 0.258 e. The summed E-state index contributed by atoms with van der Waals surface area (Å²) < 4.78 is 0. The number of nitrogens with two attached hydrogens (primary N) is 1. The fraction of sp³-hybridized carbons (Fsp3) is 0.333. The summed E-state index contributed by atoms with van der Waals surface area (Å²) in [6, 6.07) is 15.3. The summed E-state index contributed by atoms with van der Waals surface area (Å²) in [5.41, 5.74) is 9.32. The van der Waals surface area contributed by atoms with Gasteiger partial charge in [-0.2, -0.15) is 0 Å². The third kappa shape index (κ3) is 3.22. The molecule has 2 aliphatic rings. The first-order valence-electron chi connectivity index (χ1n) is 9.18. The first kappa shape index (κ1) is 16.8. The Hall–Kier alpha value is -2.66. The first-order chi connectivity index (χ1) is 12.6. The highest BCUT2D eigenvalue weighted by Gasteiger charge is 2.28. The van der Waals surface area contributed by atoms with Gasteiger partial charge in [0, 0.05) is 35.4 Å². The second-order valence-electron chi connectivity index (χ2n) is 7.18. The molecule has 1 aliphatic heterocycles. The summed E-state index contributed by atoms with van der Waals surface area (Å²) in [6.07, 6.45) is 3.33. The molecule has 5 nitrogen and oxygen atoms in total. The highest BCUT2D eigenvalue weighted by molar-refractivity contribution is 6.08. The molecule has 134 valence electrons. The zero-order valence-electron chi connectivity index (χ0n) is 14.7. The van der Waals surface area contributed by atoms with Gasteiger partial charge < -0.3 is 16.0 Å². The minimum absolute atomic E-state index is 0.00549. The van der Waals surface area contributed by atoms with E-state index in [9.17, 15) is 9.59 Å². The van der Waals surface area contributed by atoms with Gasteiger partial charge in [0.15, 0.2) is 0 Å². The molecule has 2 amide bonds. The van der Waals surface area contributed by atoms with Gasteiger partial charge in [-0.15, -0.1) is 0 Å². The van der Waals surface area contributed by atoms with Gasteiger partial charge >= 0.3 is 0 Å². The summed E-state index contributed by atoms with van der Waals surface area (Å²) in [7, 11) is 0. The number of anilines is 2. The van der Waals surface area contributed by atoms with Crippen molar-refractivity contribution in [2.75, 3.05) is 16.8 Å². The molecule has 1 saturated carbocycles. The Labute approximate surface area is 153 Å². The topological polar surface area (TPSA) is 75.4 Å². The Bertz CT molecular complexity index is 849. The number of carbonyl (C=O) groups is 2. The zero-order valence-corrected chi connectivity index (χ0v) is 14.7. The maximum Gasteiger partial charge on any atom is 0.258 e. The fourth-order valence-electron chi connectivity index (χ4n) is 3.93. The van der Waals surface area contributed by atoms with Crippen molar-refractivity contribution in [2.45, 2.75) is 31.7 Å².